The SMILES string of the molecule is C=C/C=C(\C(N[S@](=O)c1ccc(C)cc1)c1cccc2ccccc12)[S@@](=O)c1ccc(C)cc1. The average Bonchev–Trinajstić information content (AvgIpc) is 2.86. The van der Waals surface area contributed by atoms with Gasteiger partial charge in [-0.2, -0.15) is 0 Å². The molecular formula is C29H27NO2S2. The minimum Gasteiger partial charge on any atom is -0.249 e. The topological polar surface area (TPSA) is 46.2 Å². The minimum absolute atomic E-state index is 0.562. The number of benzene rings is 4. The zero-order valence-electron chi connectivity index (χ0n) is 19.2. The fourth-order valence-corrected chi connectivity index (χ4v) is 6.13. The molecule has 1 unspecified atom stereocenters. The molecule has 0 aliphatic rings. The molecule has 0 aliphatic carbocycles. The molecule has 0 radical (unpaired) electrons. The largest absolute Gasteiger partial charge is 0.249 e. The van der Waals surface area contributed by atoms with Crippen LogP contribution in [0.2, 0.25) is 0 Å². The first-order valence-electron chi connectivity index (χ1n) is 11.0. The van der Waals surface area contributed by atoms with E-state index < -0.39 is 27.8 Å². The van der Waals surface area contributed by atoms with Crippen LogP contribution in [0.15, 0.2) is 124 Å². The molecule has 3 nitrogen and oxygen atoms in total. The highest BCUT2D eigenvalue weighted by Crippen LogP contribution is 2.33. The van der Waals surface area contributed by atoms with Crippen molar-refractivity contribution in [1.29, 1.82) is 0 Å². The summed E-state index contributed by atoms with van der Waals surface area (Å²) in [5.41, 5.74) is 3.10. The highest BCUT2D eigenvalue weighted by Gasteiger charge is 2.26. The molecule has 0 aliphatic heterocycles. The van der Waals surface area contributed by atoms with E-state index in [0.29, 0.717) is 14.7 Å². The Hall–Kier alpha value is -3.12. The summed E-state index contributed by atoms with van der Waals surface area (Å²) in [4.78, 5) is 1.94. The number of aryl methyl sites for hydroxylation is 2. The predicted octanol–water partition coefficient (Wildman–Crippen LogP) is 6.69. The lowest BCUT2D eigenvalue weighted by Crippen LogP contribution is -2.27. The Balaban J connectivity index is 1.84. The highest BCUT2D eigenvalue weighted by atomic mass is 32.2. The quantitative estimate of drug-likeness (QED) is 0.283. The second-order valence-corrected chi connectivity index (χ2v) is 10.8. The van der Waals surface area contributed by atoms with Crippen molar-refractivity contribution in [3.63, 3.8) is 0 Å². The van der Waals surface area contributed by atoms with Crippen LogP contribution in [0.5, 0.6) is 0 Å². The molecule has 3 atom stereocenters. The third-order valence-electron chi connectivity index (χ3n) is 5.61. The lowest BCUT2D eigenvalue weighted by molar-refractivity contribution is 0.659. The van der Waals surface area contributed by atoms with E-state index in [9.17, 15) is 8.42 Å². The smallest absolute Gasteiger partial charge is 0.125 e. The summed E-state index contributed by atoms with van der Waals surface area (Å²) in [7, 11) is -3.01. The number of hydrogen-bond donors (Lipinski definition) is 1. The molecule has 0 spiro atoms. The second-order valence-electron chi connectivity index (χ2n) is 8.09. The summed E-state index contributed by atoms with van der Waals surface area (Å²) in [6.07, 6.45) is 3.40. The van der Waals surface area contributed by atoms with Crippen LogP contribution >= 0.6 is 0 Å². The molecule has 4 rings (SSSR count). The monoisotopic (exact) mass is 485 g/mol. The normalized spacial score (nSPS) is 14.5. The fraction of sp³-hybridized carbons (Fsp3) is 0.103. The molecule has 1 N–H and O–H groups in total. The van der Waals surface area contributed by atoms with E-state index in [1.807, 2.05) is 105 Å². The van der Waals surface area contributed by atoms with Gasteiger partial charge in [-0.05, 0) is 60.5 Å². The molecule has 0 saturated carbocycles. The Morgan fingerprint density at radius 1 is 0.794 bits per heavy atom. The lowest BCUT2D eigenvalue weighted by Gasteiger charge is -2.23. The zero-order valence-corrected chi connectivity index (χ0v) is 20.9. The van der Waals surface area contributed by atoms with Crippen molar-refractivity contribution in [3.05, 3.63) is 131 Å². The van der Waals surface area contributed by atoms with Gasteiger partial charge in [0, 0.05) is 9.80 Å². The Kier molecular flexibility index (Phi) is 7.68. The van der Waals surface area contributed by atoms with Crippen LogP contribution in [0.25, 0.3) is 10.8 Å². The predicted molar refractivity (Wildman–Crippen MR) is 143 cm³/mol. The van der Waals surface area contributed by atoms with Crippen LogP contribution < -0.4 is 4.72 Å². The van der Waals surface area contributed by atoms with Crippen LogP contribution in [0, 0.1) is 13.8 Å². The average molecular weight is 486 g/mol. The minimum atomic E-state index is -1.53. The molecule has 5 heteroatoms. The first-order valence-corrected chi connectivity index (χ1v) is 13.3. The van der Waals surface area contributed by atoms with Gasteiger partial charge in [-0.3, -0.25) is 0 Å². The van der Waals surface area contributed by atoms with Gasteiger partial charge in [0.25, 0.3) is 0 Å². The molecule has 4 aromatic rings. The molecule has 0 bridgehead atoms. The lowest BCUT2D eigenvalue weighted by atomic mass is 9.99. The summed E-state index contributed by atoms with van der Waals surface area (Å²) in [6, 6.07) is 28.7. The van der Waals surface area contributed by atoms with E-state index >= 15 is 0 Å². The molecule has 0 fully saturated rings. The third-order valence-corrected chi connectivity index (χ3v) is 8.26. The van der Waals surface area contributed by atoms with Crippen molar-refractivity contribution < 1.29 is 8.42 Å². The van der Waals surface area contributed by atoms with Crippen molar-refractivity contribution in [2.75, 3.05) is 0 Å². The number of allylic oxidation sites excluding steroid dienone is 2. The molecule has 0 heterocycles. The number of fused-ring (bicyclic) bond motifs is 1. The first kappa shape index (κ1) is 24.0. The summed E-state index contributed by atoms with van der Waals surface area (Å²) < 4.78 is 30.5. The van der Waals surface area contributed by atoms with Crippen molar-refractivity contribution in [1.82, 2.24) is 4.72 Å². The zero-order chi connectivity index (χ0) is 24.1. The van der Waals surface area contributed by atoms with Gasteiger partial charge in [-0.15, -0.1) is 0 Å². The maximum absolute atomic E-state index is 13.8. The molecule has 0 amide bonds. The van der Waals surface area contributed by atoms with Crippen LogP contribution in [-0.4, -0.2) is 8.42 Å². The van der Waals surface area contributed by atoms with Crippen molar-refractivity contribution in [3.8, 4) is 0 Å². The van der Waals surface area contributed by atoms with Gasteiger partial charge >= 0.3 is 0 Å². The van der Waals surface area contributed by atoms with E-state index in [0.717, 1.165) is 27.5 Å². The van der Waals surface area contributed by atoms with E-state index in [1.54, 1.807) is 12.2 Å². The summed E-state index contributed by atoms with van der Waals surface area (Å²) in [5, 5.41) is 2.08. The summed E-state index contributed by atoms with van der Waals surface area (Å²) >= 11 is 0. The van der Waals surface area contributed by atoms with E-state index in [4.69, 9.17) is 0 Å². The van der Waals surface area contributed by atoms with Crippen molar-refractivity contribution in [2.45, 2.75) is 29.7 Å². The Morgan fingerprint density at radius 2 is 1.38 bits per heavy atom. The maximum Gasteiger partial charge on any atom is 0.125 e. The maximum atomic E-state index is 13.8. The van der Waals surface area contributed by atoms with Gasteiger partial charge in [-0.25, -0.2) is 13.1 Å². The van der Waals surface area contributed by atoms with E-state index in [2.05, 4.69) is 11.3 Å². The number of hydrogen-bond acceptors (Lipinski definition) is 2. The van der Waals surface area contributed by atoms with Gasteiger partial charge < -0.3 is 0 Å². The molecule has 172 valence electrons. The summed E-state index contributed by atoms with van der Waals surface area (Å²) in [5.74, 6) is 0. The number of nitrogens with one attached hydrogen (secondary N) is 1. The highest BCUT2D eigenvalue weighted by molar-refractivity contribution is 7.89. The van der Waals surface area contributed by atoms with Crippen LogP contribution in [0.4, 0.5) is 0 Å². The van der Waals surface area contributed by atoms with Crippen molar-refractivity contribution >= 4 is 32.6 Å². The Labute approximate surface area is 206 Å². The Bertz CT molecular complexity index is 1380. The number of rotatable bonds is 8. The second kappa shape index (κ2) is 10.9. The van der Waals surface area contributed by atoms with E-state index in [-0.39, 0.29) is 0 Å². The van der Waals surface area contributed by atoms with Gasteiger partial charge in [0.1, 0.15) is 11.0 Å². The standard InChI is InChI=1S/C29H27NO2S2/c1-4-8-28(33(31)24-17-13-21(2)14-18-24)29(30-34(32)25-19-15-22(3)16-20-25)27-12-7-10-23-9-5-6-11-26(23)27/h4-20,29-30H,1H2,2-3H3/b28-8+/t29?,33-,34+/m0/s1. The summed E-state index contributed by atoms with van der Waals surface area (Å²) in [6.45, 7) is 7.85. The molecule has 0 aromatic heterocycles. The van der Waals surface area contributed by atoms with Gasteiger partial charge in [0.05, 0.1) is 21.7 Å². The van der Waals surface area contributed by atoms with E-state index in [1.165, 1.54) is 0 Å². The molecule has 34 heavy (non-hydrogen) atoms. The fourth-order valence-electron chi connectivity index (χ4n) is 3.79. The first-order chi connectivity index (χ1) is 16.5. The molecular weight excluding hydrogens is 458 g/mol. The van der Waals surface area contributed by atoms with Crippen molar-refractivity contribution in [2.24, 2.45) is 0 Å². The Morgan fingerprint density at radius 3 is 2.03 bits per heavy atom. The van der Waals surface area contributed by atoms with Crippen LogP contribution in [-0.2, 0) is 21.8 Å². The van der Waals surface area contributed by atoms with Gasteiger partial charge in [0.2, 0.25) is 0 Å². The van der Waals surface area contributed by atoms with Crippen LogP contribution in [0.3, 0.4) is 0 Å². The van der Waals surface area contributed by atoms with Gasteiger partial charge in [-0.1, -0.05) is 90.5 Å². The molecule has 4 aromatic carbocycles. The third kappa shape index (κ3) is 5.33. The molecule has 0 saturated heterocycles. The van der Waals surface area contributed by atoms with Gasteiger partial charge in [0.15, 0.2) is 0 Å². The van der Waals surface area contributed by atoms with Crippen LogP contribution in [0.1, 0.15) is 22.7 Å².